The van der Waals surface area contributed by atoms with Crippen molar-refractivity contribution in [1.82, 2.24) is 20.2 Å². The number of benzene rings is 2. The molecule has 2 heterocycles. The Hall–Kier alpha value is -2.56. The predicted octanol–water partition coefficient (Wildman–Crippen LogP) is 3.71. The maximum absolute atomic E-state index is 13.1. The van der Waals surface area contributed by atoms with Gasteiger partial charge in [-0.25, -0.2) is 9.97 Å². The molecule has 0 bridgehead atoms. The van der Waals surface area contributed by atoms with Gasteiger partial charge in [0.15, 0.2) is 0 Å². The van der Waals surface area contributed by atoms with E-state index in [1.807, 2.05) is 36.4 Å². The number of nitrogens with one attached hydrogen (secondary N) is 1. The number of carbonyl (C=O) groups is 2. The minimum Gasteiger partial charge on any atom is -0.396 e. The van der Waals surface area contributed by atoms with Crippen LogP contribution in [0.5, 0.6) is 0 Å². The van der Waals surface area contributed by atoms with Gasteiger partial charge in [0.2, 0.25) is 5.91 Å². The first kappa shape index (κ1) is 23.2. The Kier molecular flexibility index (Phi) is 6.54. The van der Waals surface area contributed by atoms with Crippen LogP contribution in [0.1, 0.15) is 38.9 Å². The number of amides is 2. The highest BCUT2D eigenvalue weighted by Gasteiger charge is 2.34. The van der Waals surface area contributed by atoms with Crippen LogP contribution in [0.15, 0.2) is 48.7 Å². The third kappa shape index (κ3) is 4.30. The molecule has 7 nitrogen and oxygen atoms in total. The standard InChI is InChI=1S/C25H22ClIN4O3/c26-20-10-28-21(9-27)29-24(20)15-5-6-16-11-31(25(34)19(16)8-15)12-22(33)30-23-17(13-32)7-14-3-1-2-4-18(14)23/h1-6,8,10,17,23,32H,7,9,11-13H2,(H,30,33)/t17-,23+/m1/s1. The van der Waals surface area contributed by atoms with Gasteiger partial charge in [-0.15, -0.1) is 0 Å². The number of carbonyl (C=O) groups excluding carboxylic acids is 2. The average molecular weight is 589 g/mol. The van der Waals surface area contributed by atoms with Gasteiger partial charge >= 0.3 is 0 Å². The van der Waals surface area contributed by atoms with Gasteiger partial charge in [-0.05, 0) is 29.2 Å². The fraction of sp³-hybridized carbons (Fsp3) is 0.280. The smallest absolute Gasteiger partial charge is 0.254 e. The monoisotopic (exact) mass is 588 g/mol. The SMILES string of the molecule is O=C(CN1Cc2ccc(-c3nc(CI)ncc3Cl)cc2C1=O)N[C@@H]1c2ccccc2C[C@@H]1CO. The van der Waals surface area contributed by atoms with Crippen molar-refractivity contribution in [2.75, 3.05) is 13.2 Å². The van der Waals surface area contributed by atoms with Crippen molar-refractivity contribution < 1.29 is 14.7 Å². The van der Waals surface area contributed by atoms with E-state index < -0.39 is 0 Å². The van der Waals surface area contributed by atoms with Crippen LogP contribution in [-0.4, -0.2) is 44.9 Å². The molecule has 1 aliphatic heterocycles. The first-order valence-electron chi connectivity index (χ1n) is 11.0. The van der Waals surface area contributed by atoms with Crippen molar-refractivity contribution >= 4 is 46.0 Å². The van der Waals surface area contributed by atoms with Gasteiger partial charge in [-0.3, -0.25) is 9.59 Å². The van der Waals surface area contributed by atoms with Crippen LogP contribution < -0.4 is 5.32 Å². The zero-order valence-electron chi connectivity index (χ0n) is 18.2. The van der Waals surface area contributed by atoms with E-state index in [2.05, 4.69) is 37.9 Å². The summed E-state index contributed by atoms with van der Waals surface area (Å²) in [6.07, 6.45) is 2.30. The first-order chi connectivity index (χ1) is 16.5. The van der Waals surface area contributed by atoms with Crippen LogP contribution in [0.3, 0.4) is 0 Å². The summed E-state index contributed by atoms with van der Waals surface area (Å²) in [4.78, 5) is 36.3. The van der Waals surface area contributed by atoms with Gasteiger partial charge in [0.1, 0.15) is 12.4 Å². The van der Waals surface area contributed by atoms with Crippen molar-refractivity contribution in [2.24, 2.45) is 5.92 Å². The fourth-order valence-corrected chi connectivity index (χ4v) is 5.31. The van der Waals surface area contributed by atoms with Crippen molar-refractivity contribution in [2.45, 2.75) is 23.4 Å². The summed E-state index contributed by atoms with van der Waals surface area (Å²) in [5, 5.41) is 13.3. The molecule has 1 aliphatic carbocycles. The zero-order chi connectivity index (χ0) is 23.8. The van der Waals surface area contributed by atoms with E-state index >= 15 is 0 Å². The normalized spacial score (nSPS) is 18.7. The molecular formula is C25H22ClIN4O3. The summed E-state index contributed by atoms with van der Waals surface area (Å²) in [5.41, 5.74) is 4.91. The quantitative estimate of drug-likeness (QED) is 0.338. The summed E-state index contributed by atoms with van der Waals surface area (Å²) in [5.74, 6) is 0.157. The minimum absolute atomic E-state index is 0.0125. The lowest BCUT2D eigenvalue weighted by Gasteiger charge is -2.22. The maximum atomic E-state index is 13.1. The predicted molar refractivity (Wildman–Crippen MR) is 137 cm³/mol. The molecule has 9 heteroatoms. The molecule has 0 spiro atoms. The molecular weight excluding hydrogens is 567 g/mol. The Bertz CT molecular complexity index is 1280. The summed E-state index contributed by atoms with van der Waals surface area (Å²) < 4.78 is 0.650. The van der Waals surface area contributed by atoms with E-state index in [9.17, 15) is 14.7 Å². The fourth-order valence-electron chi connectivity index (χ4n) is 4.74. The first-order valence-corrected chi connectivity index (χ1v) is 12.9. The number of alkyl halides is 1. The summed E-state index contributed by atoms with van der Waals surface area (Å²) in [6.45, 7) is 0.303. The van der Waals surface area contributed by atoms with E-state index in [0.717, 1.165) is 28.7 Å². The summed E-state index contributed by atoms with van der Waals surface area (Å²) >= 11 is 8.51. The van der Waals surface area contributed by atoms with Crippen molar-refractivity contribution in [3.05, 3.63) is 81.8 Å². The second kappa shape index (κ2) is 9.59. The van der Waals surface area contributed by atoms with Crippen molar-refractivity contribution in [1.29, 1.82) is 0 Å². The topological polar surface area (TPSA) is 95.4 Å². The van der Waals surface area contributed by atoms with E-state index in [-0.39, 0.29) is 36.9 Å². The average Bonchev–Trinajstić information content (AvgIpc) is 3.36. The molecule has 0 saturated carbocycles. The molecule has 0 radical (unpaired) electrons. The second-order valence-electron chi connectivity index (χ2n) is 8.54. The molecule has 2 N–H and O–H groups in total. The molecule has 2 aromatic carbocycles. The van der Waals surface area contributed by atoms with Gasteiger partial charge in [0.25, 0.3) is 5.91 Å². The molecule has 5 rings (SSSR count). The number of aliphatic hydroxyl groups is 1. The molecule has 0 fully saturated rings. The maximum Gasteiger partial charge on any atom is 0.254 e. The molecule has 174 valence electrons. The van der Waals surface area contributed by atoms with Crippen LogP contribution in [0.2, 0.25) is 5.02 Å². The van der Waals surface area contributed by atoms with Crippen LogP contribution >= 0.6 is 34.2 Å². The number of nitrogens with zero attached hydrogens (tertiary/aromatic N) is 3. The Morgan fingerprint density at radius 1 is 1.24 bits per heavy atom. The lowest BCUT2D eigenvalue weighted by Crippen LogP contribution is -2.40. The van der Waals surface area contributed by atoms with Crippen LogP contribution in [0, 0.1) is 5.92 Å². The second-order valence-corrected chi connectivity index (χ2v) is 9.71. The Morgan fingerprint density at radius 3 is 2.85 bits per heavy atom. The van der Waals surface area contributed by atoms with Gasteiger partial charge in [0.05, 0.1) is 21.2 Å². The van der Waals surface area contributed by atoms with Crippen LogP contribution in [0.25, 0.3) is 11.3 Å². The Morgan fingerprint density at radius 2 is 2.06 bits per heavy atom. The highest BCUT2D eigenvalue weighted by molar-refractivity contribution is 14.1. The molecule has 34 heavy (non-hydrogen) atoms. The van der Waals surface area contributed by atoms with E-state index in [1.54, 1.807) is 12.3 Å². The lowest BCUT2D eigenvalue weighted by atomic mass is 10.0. The summed E-state index contributed by atoms with van der Waals surface area (Å²) in [7, 11) is 0. The highest BCUT2D eigenvalue weighted by Crippen LogP contribution is 2.36. The number of hydrogen-bond donors (Lipinski definition) is 2. The van der Waals surface area contributed by atoms with Crippen LogP contribution in [-0.2, 0) is 22.2 Å². The van der Waals surface area contributed by atoms with E-state index in [1.165, 1.54) is 4.90 Å². The van der Waals surface area contributed by atoms with Crippen LogP contribution in [0.4, 0.5) is 0 Å². The van der Waals surface area contributed by atoms with Gasteiger partial charge < -0.3 is 15.3 Å². The van der Waals surface area contributed by atoms with Crippen molar-refractivity contribution in [3.63, 3.8) is 0 Å². The number of fused-ring (bicyclic) bond motifs is 2. The number of aromatic nitrogens is 2. The molecule has 0 saturated heterocycles. The molecule has 2 aliphatic rings. The van der Waals surface area contributed by atoms with Gasteiger partial charge in [0, 0.05) is 36.4 Å². The number of halogens is 2. The van der Waals surface area contributed by atoms with Gasteiger partial charge in [-0.2, -0.15) is 0 Å². The number of hydrogen-bond acceptors (Lipinski definition) is 5. The molecule has 0 unspecified atom stereocenters. The largest absolute Gasteiger partial charge is 0.396 e. The number of rotatable bonds is 6. The molecule has 1 aromatic heterocycles. The zero-order valence-corrected chi connectivity index (χ0v) is 21.1. The third-order valence-corrected chi connectivity index (χ3v) is 7.36. The molecule has 3 aromatic rings. The third-order valence-electron chi connectivity index (χ3n) is 6.40. The van der Waals surface area contributed by atoms with E-state index in [0.29, 0.717) is 33.1 Å². The molecule has 2 amide bonds. The minimum atomic E-state index is -0.257. The Balaban J connectivity index is 1.31. The highest BCUT2D eigenvalue weighted by atomic mass is 127. The van der Waals surface area contributed by atoms with Crippen molar-refractivity contribution in [3.8, 4) is 11.3 Å². The number of aliphatic hydroxyl groups excluding tert-OH is 1. The molecule has 2 atom stereocenters. The summed E-state index contributed by atoms with van der Waals surface area (Å²) in [6, 6.07) is 13.2. The van der Waals surface area contributed by atoms with E-state index in [4.69, 9.17) is 11.6 Å². The van der Waals surface area contributed by atoms with Gasteiger partial charge in [-0.1, -0.05) is 70.6 Å². The lowest BCUT2D eigenvalue weighted by molar-refractivity contribution is -0.123. The Labute approximate surface area is 215 Å².